The Morgan fingerprint density at radius 3 is 2.10 bits per heavy atom. The van der Waals surface area contributed by atoms with Crippen LogP contribution < -0.4 is 5.32 Å². The van der Waals surface area contributed by atoms with E-state index in [0.29, 0.717) is 22.5 Å². The fourth-order valence-corrected chi connectivity index (χ4v) is 3.26. The van der Waals surface area contributed by atoms with Gasteiger partial charge in [-0.1, -0.05) is 53.6 Å². The van der Waals surface area contributed by atoms with Crippen molar-refractivity contribution in [1.82, 2.24) is 9.88 Å². The Labute approximate surface area is 169 Å². The van der Waals surface area contributed by atoms with Gasteiger partial charge in [0, 0.05) is 11.9 Å². The molecule has 0 radical (unpaired) electrons. The molecule has 29 heavy (non-hydrogen) atoms. The van der Waals surface area contributed by atoms with Gasteiger partial charge in [0.25, 0.3) is 11.8 Å². The molecule has 1 N–H and O–H groups in total. The number of hydrogen-bond acceptors (Lipinski definition) is 4. The van der Waals surface area contributed by atoms with Crippen LogP contribution in [0.4, 0.5) is 5.69 Å². The molecular weight excluding hydrogens is 362 g/mol. The van der Waals surface area contributed by atoms with Crippen molar-refractivity contribution >= 4 is 23.1 Å². The first-order valence-corrected chi connectivity index (χ1v) is 9.44. The fourth-order valence-electron chi connectivity index (χ4n) is 3.26. The topological polar surface area (TPSA) is 62.3 Å². The summed E-state index contributed by atoms with van der Waals surface area (Å²) >= 11 is 0. The van der Waals surface area contributed by atoms with Gasteiger partial charge in [0.15, 0.2) is 0 Å². The Hall–Kier alpha value is -3.73. The summed E-state index contributed by atoms with van der Waals surface area (Å²) in [5.41, 5.74) is 5.01. The standard InChI is InChI=1S/C24H21N3O2/c1-16-6-10-18(11-7-16)21-22(26-19-12-8-17(2)9-13-19)24(29)27(23(21)28)15-20-5-3-4-14-25-20/h3-14,26H,15H2,1-2H3. The molecule has 5 heteroatoms. The Bertz CT molecular complexity index is 1090. The highest BCUT2D eigenvalue weighted by Gasteiger charge is 2.39. The maximum atomic E-state index is 13.2. The molecule has 0 spiro atoms. The van der Waals surface area contributed by atoms with E-state index in [4.69, 9.17) is 0 Å². The minimum Gasteiger partial charge on any atom is -0.350 e. The third-order valence-corrected chi connectivity index (χ3v) is 4.88. The van der Waals surface area contributed by atoms with Crippen molar-refractivity contribution in [2.24, 2.45) is 0 Å². The second-order valence-corrected chi connectivity index (χ2v) is 7.12. The predicted octanol–water partition coefficient (Wildman–Crippen LogP) is 4.09. The number of carbonyl (C=O) groups excluding carboxylic acids is 2. The third-order valence-electron chi connectivity index (χ3n) is 4.88. The molecule has 0 unspecified atom stereocenters. The summed E-state index contributed by atoms with van der Waals surface area (Å²) in [7, 11) is 0. The average molecular weight is 383 g/mol. The van der Waals surface area contributed by atoms with Crippen LogP contribution in [0.25, 0.3) is 5.57 Å². The summed E-state index contributed by atoms with van der Waals surface area (Å²) in [5.74, 6) is -0.670. The highest BCUT2D eigenvalue weighted by Crippen LogP contribution is 2.31. The van der Waals surface area contributed by atoms with Crippen LogP contribution in [0.2, 0.25) is 0 Å². The molecule has 5 nitrogen and oxygen atoms in total. The van der Waals surface area contributed by atoms with E-state index in [1.165, 1.54) is 4.90 Å². The van der Waals surface area contributed by atoms with Crippen molar-refractivity contribution < 1.29 is 9.59 Å². The van der Waals surface area contributed by atoms with Crippen molar-refractivity contribution in [3.8, 4) is 0 Å². The molecule has 144 valence electrons. The van der Waals surface area contributed by atoms with Crippen molar-refractivity contribution in [3.05, 3.63) is 101 Å². The van der Waals surface area contributed by atoms with E-state index >= 15 is 0 Å². The van der Waals surface area contributed by atoms with Crippen LogP contribution in [0, 0.1) is 13.8 Å². The monoisotopic (exact) mass is 383 g/mol. The van der Waals surface area contributed by atoms with E-state index in [2.05, 4.69) is 10.3 Å². The summed E-state index contributed by atoms with van der Waals surface area (Å²) in [6.45, 7) is 4.12. The number of carbonyl (C=O) groups is 2. The van der Waals surface area contributed by atoms with Crippen LogP contribution in [0.5, 0.6) is 0 Å². The zero-order chi connectivity index (χ0) is 20.4. The van der Waals surface area contributed by atoms with Crippen LogP contribution in [0.1, 0.15) is 22.4 Å². The molecule has 0 saturated carbocycles. The normalized spacial score (nSPS) is 13.9. The Morgan fingerprint density at radius 2 is 1.48 bits per heavy atom. The molecule has 1 aliphatic rings. The lowest BCUT2D eigenvalue weighted by molar-refractivity contribution is -0.137. The number of imide groups is 1. The van der Waals surface area contributed by atoms with Gasteiger partial charge in [-0.15, -0.1) is 0 Å². The summed E-state index contributed by atoms with van der Waals surface area (Å²) in [6, 6.07) is 20.8. The van der Waals surface area contributed by atoms with E-state index in [-0.39, 0.29) is 18.4 Å². The van der Waals surface area contributed by atoms with Gasteiger partial charge >= 0.3 is 0 Å². The van der Waals surface area contributed by atoms with E-state index in [9.17, 15) is 9.59 Å². The second-order valence-electron chi connectivity index (χ2n) is 7.12. The van der Waals surface area contributed by atoms with Gasteiger partial charge in [-0.3, -0.25) is 19.5 Å². The second kappa shape index (κ2) is 7.72. The van der Waals surface area contributed by atoms with Gasteiger partial charge in [0.05, 0.1) is 17.8 Å². The maximum Gasteiger partial charge on any atom is 0.278 e. The Morgan fingerprint density at radius 1 is 0.828 bits per heavy atom. The van der Waals surface area contributed by atoms with E-state index < -0.39 is 0 Å². The Balaban J connectivity index is 1.74. The number of aromatic nitrogens is 1. The molecule has 0 atom stereocenters. The summed E-state index contributed by atoms with van der Waals surface area (Å²) in [4.78, 5) is 31.9. The largest absolute Gasteiger partial charge is 0.350 e. The summed E-state index contributed by atoms with van der Waals surface area (Å²) < 4.78 is 0. The number of benzene rings is 2. The molecule has 1 aliphatic heterocycles. The number of aryl methyl sites for hydroxylation is 2. The lowest BCUT2D eigenvalue weighted by Crippen LogP contribution is -2.32. The third kappa shape index (κ3) is 3.80. The molecule has 3 aromatic rings. The number of hydrogen-bond donors (Lipinski definition) is 1. The van der Waals surface area contributed by atoms with Crippen LogP contribution in [0.15, 0.2) is 78.6 Å². The molecule has 0 bridgehead atoms. The number of nitrogens with one attached hydrogen (secondary N) is 1. The molecule has 2 aromatic carbocycles. The highest BCUT2D eigenvalue weighted by molar-refractivity contribution is 6.36. The van der Waals surface area contributed by atoms with Gasteiger partial charge in [-0.05, 0) is 43.7 Å². The molecule has 0 aliphatic carbocycles. The first kappa shape index (κ1) is 18.6. The first-order chi connectivity index (χ1) is 14.0. The van der Waals surface area contributed by atoms with Crippen LogP contribution >= 0.6 is 0 Å². The molecule has 2 amide bonds. The lowest BCUT2D eigenvalue weighted by Gasteiger charge is -2.14. The number of amides is 2. The van der Waals surface area contributed by atoms with Crippen LogP contribution in [0.3, 0.4) is 0 Å². The zero-order valence-electron chi connectivity index (χ0n) is 16.3. The fraction of sp³-hybridized carbons (Fsp3) is 0.125. The van der Waals surface area contributed by atoms with Gasteiger partial charge < -0.3 is 5.32 Å². The molecule has 0 fully saturated rings. The predicted molar refractivity (Wildman–Crippen MR) is 113 cm³/mol. The van der Waals surface area contributed by atoms with Crippen LogP contribution in [-0.4, -0.2) is 21.7 Å². The minimum atomic E-state index is -0.350. The number of anilines is 1. The smallest absolute Gasteiger partial charge is 0.278 e. The molecule has 0 saturated heterocycles. The number of nitrogens with zero attached hydrogens (tertiary/aromatic N) is 2. The summed E-state index contributed by atoms with van der Waals surface area (Å²) in [6.07, 6.45) is 1.65. The van der Waals surface area contributed by atoms with Gasteiger partial charge in [0.2, 0.25) is 0 Å². The SMILES string of the molecule is Cc1ccc(NC2=C(c3ccc(C)cc3)C(=O)N(Cc3ccccn3)C2=O)cc1. The number of pyridine rings is 1. The highest BCUT2D eigenvalue weighted by atomic mass is 16.2. The summed E-state index contributed by atoms with van der Waals surface area (Å²) in [5, 5.41) is 3.17. The van der Waals surface area contributed by atoms with Gasteiger partial charge in [-0.2, -0.15) is 0 Å². The van der Waals surface area contributed by atoms with Crippen LogP contribution in [-0.2, 0) is 16.1 Å². The first-order valence-electron chi connectivity index (χ1n) is 9.44. The number of rotatable bonds is 5. The molecular formula is C24H21N3O2. The molecule has 2 heterocycles. The van der Waals surface area contributed by atoms with E-state index in [0.717, 1.165) is 16.8 Å². The Kier molecular flexibility index (Phi) is 4.96. The maximum absolute atomic E-state index is 13.2. The van der Waals surface area contributed by atoms with Crippen molar-refractivity contribution in [2.75, 3.05) is 5.32 Å². The van der Waals surface area contributed by atoms with Crippen molar-refractivity contribution in [1.29, 1.82) is 0 Å². The average Bonchev–Trinajstić information content (AvgIpc) is 2.95. The zero-order valence-corrected chi connectivity index (χ0v) is 16.3. The van der Waals surface area contributed by atoms with Gasteiger partial charge in [0.1, 0.15) is 5.70 Å². The molecule has 4 rings (SSSR count). The van der Waals surface area contributed by atoms with Crippen molar-refractivity contribution in [2.45, 2.75) is 20.4 Å². The van der Waals surface area contributed by atoms with Gasteiger partial charge in [-0.25, -0.2) is 0 Å². The minimum absolute atomic E-state index is 0.132. The molecule has 1 aromatic heterocycles. The van der Waals surface area contributed by atoms with Crippen molar-refractivity contribution in [3.63, 3.8) is 0 Å². The quantitative estimate of drug-likeness (QED) is 0.674. The van der Waals surface area contributed by atoms with E-state index in [1.807, 2.05) is 68.4 Å². The lowest BCUT2D eigenvalue weighted by atomic mass is 10.0. The van der Waals surface area contributed by atoms with E-state index in [1.54, 1.807) is 18.3 Å².